The van der Waals surface area contributed by atoms with Gasteiger partial charge >= 0.3 is 0 Å². The molecule has 6 nitrogen and oxygen atoms in total. The van der Waals surface area contributed by atoms with Crippen molar-refractivity contribution in [3.63, 3.8) is 0 Å². The van der Waals surface area contributed by atoms with Crippen molar-refractivity contribution >= 4 is 27.3 Å². The summed E-state index contributed by atoms with van der Waals surface area (Å²) < 4.78 is 49.9. The predicted octanol–water partition coefficient (Wildman–Crippen LogP) is 1.00. The lowest BCUT2D eigenvalue weighted by Gasteiger charge is -2.15. The monoisotopic (exact) mass is 326 g/mol. The van der Waals surface area contributed by atoms with Gasteiger partial charge in [0, 0.05) is 25.8 Å². The molecule has 114 valence electrons. The van der Waals surface area contributed by atoms with Crippen LogP contribution in [-0.2, 0) is 19.5 Å². The molecule has 0 spiro atoms. The van der Waals surface area contributed by atoms with E-state index in [2.05, 4.69) is 4.72 Å². The first-order valence-corrected chi connectivity index (χ1v) is 7.43. The summed E-state index contributed by atoms with van der Waals surface area (Å²) in [5.41, 5.74) is 5.02. The average Bonchev–Trinajstić information content (AvgIpc) is 2.38. The summed E-state index contributed by atoms with van der Waals surface area (Å²) in [6, 6.07) is 2.13. The van der Waals surface area contributed by atoms with Crippen LogP contribution in [-0.4, -0.2) is 41.9 Å². The molecular formula is C11H16ClFN2O4S. The molecule has 0 bridgehead atoms. The highest BCUT2D eigenvalue weighted by Crippen LogP contribution is 2.25. The minimum absolute atomic E-state index is 0.0319. The molecule has 0 aliphatic carbocycles. The second-order valence-corrected chi connectivity index (χ2v) is 6.14. The van der Waals surface area contributed by atoms with E-state index in [0.29, 0.717) is 0 Å². The zero-order valence-corrected chi connectivity index (χ0v) is 12.6. The summed E-state index contributed by atoms with van der Waals surface area (Å²) in [7, 11) is -1.22. The molecule has 3 N–H and O–H groups in total. The quantitative estimate of drug-likeness (QED) is 0.729. The first-order valence-electron chi connectivity index (χ1n) is 5.57. The second-order valence-electron chi connectivity index (χ2n) is 3.97. The summed E-state index contributed by atoms with van der Waals surface area (Å²) in [6.45, 7) is 0.123. The molecule has 0 aliphatic heterocycles. The van der Waals surface area contributed by atoms with Crippen molar-refractivity contribution in [3.05, 3.63) is 23.0 Å². The normalized spacial score (nSPS) is 13.4. The van der Waals surface area contributed by atoms with Crippen LogP contribution < -0.4 is 10.5 Å². The van der Waals surface area contributed by atoms with Gasteiger partial charge in [-0.25, -0.2) is 17.5 Å². The van der Waals surface area contributed by atoms with Crippen molar-refractivity contribution in [1.82, 2.24) is 4.72 Å². The summed E-state index contributed by atoms with van der Waals surface area (Å²) >= 11 is 5.68. The van der Waals surface area contributed by atoms with Crippen LogP contribution in [0.4, 0.5) is 10.1 Å². The molecule has 0 aliphatic rings. The number of ether oxygens (including phenoxy) is 2. The third kappa shape index (κ3) is 4.29. The first kappa shape index (κ1) is 17.1. The van der Waals surface area contributed by atoms with Gasteiger partial charge in [0.2, 0.25) is 10.0 Å². The predicted molar refractivity (Wildman–Crippen MR) is 73.7 cm³/mol. The Balaban J connectivity index is 2.94. The molecule has 1 atom stereocenters. The van der Waals surface area contributed by atoms with E-state index in [0.717, 1.165) is 12.1 Å². The Labute approximate surface area is 122 Å². The van der Waals surface area contributed by atoms with E-state index in [1.54, 1.807) is 0 Å². The van der Waals surface area contributed by atoms with E-state index in [1.165, 1.54) is 14.2 Å². The number of benzene rings is 1. The highest BCUT2D eigenvalue weighted by Gasteiger charge is 2.23. The topological polar surface area (TPSA) is 90.7 Å². The van der Waals surface area contributed by atoms with E-state index in [-0.39, 0.29) is 23.9 Å². The van der Waals surface area contributed by atoms with Crippen LogP contribution in [0.3, 0.4) is 0 Å². The minimum Gasteiger partial charge on any atom is -0.396 e. The molecule has 0 aromatic heterocycles. The van der Waals surface area contributed by atoms with Gasteiger partial charge in [0.25, 0.3) is 0 Å². The Kier molecular flexibility index (Phi) is 6.15. The molecule has 1 aromatic carbocycles. The number of hydrogen-bond donors (Lipinski definition) is 2. The molecular weight excluding hydrogens is 311 g/mol. The van der Waals surface area contributed by atoms with E-state index in [4.69, 9.17) is 26.8 Å². The maximum Gasteiger partial charge on any atom is 0.243 e. The van der Waals surface area contributed by atoms with Crippen molar-refractivity contribution in [2.45, 2.75) is 11.0 Å². The molecule has 0 saturated heterocycles. The summed E-state index contributed by atoms with van der Waals surface area (Å²) in [5.74, 6) is -1.04. The van der Waals surface area contributed by atoms with Crippen molar-refractivity contribution in [2.24, 2.45) is 0 Å². The molecule has 0 fully saturated rings. The van der Waals surface area contributed by atoms with Gasteiger partial charge in [0.15, 0.2) is 5.82 Å². The number of nitrogens with one attached hydrogen (secondary N) is 1. The van der Waals surface area contributed by atoms with Gasteiger partial charge in [-0.2, -0.15) is 0 Å². The fraction of sp³-hybridized carbons (Fsp3) is 0.455. The third-order valence-corrected chi connectivity index (χ3v) is 4.15. The Bertz CT molecular complexity index is 568. The van der Waals surface area contributed by atoms with Crippen molar-refractivity contribution in [2.75, 3.05) is 33.1 Å². The number of methoxy groups -OCH3 is 2. The zero-order chi connectivity index (χ0) is 15.3. The van der Waals surface area contributed by atoms with Gasteiger partial charge in [0.1, 0.15) is 4.90 Å². The highest BCUT2D eigenvalue weighted by atomic mass is 35.5. The van der Waals surface area contributed by atoms with Crippen LogP contribution in [0.15, 0.2) is 17.0 Å². The highest BCUT2D eigenvalue weighted by molar-refractivity contribution is 7.89. The van der Waals surface area contributed by atoms with Crippen LogP contribution >= 0.6 is 11.6 Å². The van der Waals surface area contributed by atoms with Gasteiger partial charge < -0.3 is 15.2 Å². The lowest BCUT2D eigenvalue weighted by molar-refractivity contribution is 0.0320. The molecule has 20 heavy (non-hydrogen) atoms. The van der Waals surface area contributed by atoms with Crippen molar-refractivity contribution in [3.8, 4) is 0 Å². The number of nitrogens with two attached hydrogens (primary N) is 1. The number of nitrogen functional groups attached to an aromatic ring is 1. The molecule has 0 amide bonds. The second kappa shape index (κ2) is 7.19. The zero-order valence-electron chi connectivity index (χ0n) is 11.0. The third-order valence-electron chi connectivity index (χ3n) is 2.51. The van der Waals surface area contributed by atoms with Crippen LogP contribution in [0.5, 0.6) is 0 Å². The summed E-state index contributed by atoms with van der Waals surface area (Å²) in [4.78, 5) is -0.602. The van der Waals surface area contributed by atoms with E-state index >= 15 is 0 Å². The molecule has 1 unspecified atom stereocenters. The number of halogens is 2. The SMILES string of the molecule is COCC(CNS(=O)(=O)c1cc(Cl)cc(N)c1F)OC. The standard InChI is InChI=1S/C11H16ClFN2O4S/c1-18-6-8(19-2)5-15-20(16,17)10-4-7(12)3-9(14)11(10)13/h3-4,8,15H,5-6,14H2,1-2H3. The number of sulfonamides is 1. The first-order chi connectivity index (χ1) is 9.31. The molecule has 1 aromatic rings. The van der Waals surface area contributed by atoms with Crippen LogP contribution in [0.2, 0.25) is 5.02 Å². The fourth-order valence-electron chi connectivity index (χ4n) is 1.46. The summed E-state index contributed by atoms with van der Waals surface area (Å²) in [6.07, 6.45) is -0.491. The number of anilines is 1. The van der Waals surface area contributed by atoms with Crippen molar-refractivity contribution < 1.29 is 22.3 Å². The van der Waals surface area contributed by atoms with Gasteiger partial charge in [-0.1, -0.05) is 11.6 Å². The number of hydrogen-bond acceptors (Lipinski definition) is 5. The Morgan fingerprint density at radius 3 is 2.65 bits per heavy atom. The Hall–Kier alpha value is -0.930. The van der Waals surface area contributed by atoms with Crippen LogP contribution in [0.1, 0.15) is 0 Å². The lowest BCUT2D eigenvalue weighted by atomic mass is 10.3. The summed E-state index contributed by atoms with van der Waals surface area (Å²) in [5, 5.41) is 0.0319. The maximum atomic E-state index is 13.8. The van der Waals surface area contributed by atoms with Gasteiger partial charge in [0.05, 0.1) is 18.4 Å². The van der Waals surface area contributed by atoms with Crippen LogP contribution in [0.25, 0.3) is 0 Å². The van der Waals surface area contributed by atoms with Gasteiger partial charge in [-0.05, 0) is 12.1 Å². The molecule has 9 heteroatoms. The molecule has 0 heterocycles. The minimum atomic E-state index is -4.08. The van der Waals surface area contributed by atoms with E-state index < -0.39 is 26.8 Å². The largest absolute Gasteiger partial charge is 0.396 e. The fourth-order valence-corrected chi connectivity index (χ4v) is 2.94. The maximum absolute atomic E-state index is 13.8. The van der Waals surface area contributed by atoms with E-state index in [1.807, 2.05) is 0 Å². The van der Waals surface area contributed by atoms with E-state index in [9.17, 15) is 12.8 Å². The van der Waals surface area contributed by atoms with Crippen molar-refractivity contribution in [1.29, 1.82) is 0 Å². The van der Waals surface area contributed by atoms with Gasteiger partial charge in [-0.15, -0.1) is 0 Å². The number of rotatable bonds is 7. The Morgan fingerprint density at radius 1 is 1.45 bits per heavy atom. The average molecular weight is 327 g/mol. The molecule has 0 saturated carbocycles. The lowest BCUT2D eigenvalue weighted by Crippen LogP contribution is -2.36. The van der Waals surface area contributed by atoms with Gasteiger partial charge in [-0.3, -0.25) is 0 Å². The molecule has 1 rings (SSSR count). The molecule has 0 radical (unpaired) electrons. The Morgan fingerprint density at radius 2 is 2.10 bits per heavy atom. The van der Waals surface area contributed by atoms with Crippen LogP contribution in [0, 0.1) is 5.82 Å². The smallest absolute Gasteiger partial charge is 0.243 e.